The van der Waals surface area contributed by atoms with Gasteiger partial charge in [-0.1, -0.05) is 107 Å². The van der Waals surface area contributed by atoms with Gasteiger partial charge < -0.3 is 61.8 Å². The smallest absolute Gasteiger partial charge is 0.329 e. The Morgan fingerprint density at radius 1 is 0.753 bits per heavy atom. The Balaban J connectivity index is 1.54. The van der Waals surface area contributed by atoms with Crippen LogP contribution in [0.4, 0.5) is 0 Å². The van der Waals surface area contributed by atoms with E-state index in [1.165, 1.54) is 50.1 Å². The highest BCUT2D eigenvalue weighted by molar-refractivity contribution is 5.98. The van der Waals surface area contributed by atoms with Gasteiger partial charge in [-0.05, 0) is 66.8 Å². The Bertz CT molecular complexity index is 2580. The van der Waals surface area contributed by atoms with Crippen molar-refractivity contribution in [3.05, 3.63) is 102 Å². The lowest BCUT2D eigenvalue weighted by Crippen LogP contribution is -2.66. The highest BCUT2D eigenvalue weighted by Gasteiger charge is 2.47. The number of phenolic OH excluding ortho intramolecular Hbond substituents is 1. The number of carbonyl (C=O) groups excluding carboxylic acids is 9. The molecule has 2 heterocycles. The van der Waals surface area contributed by atoms with Gasteiger partial charge in [0.1, 0.15) is 66.4 Å². The van der Waals surface area contributed by atoms with Gasteiger partial charge in [0.05, 0.1) is 0 Å². The Morgan fingerprint density at radius 3 is 1.95 bits per heavy atom. The van der Waals surface area contributed by atoms with E-state index >= 15 is 0 Å². The maximum absolute atomic E-state index is 14.8. The quantitative estimate of drug-likeness (QED) is 0.0853. The van der Waals surface area contributed by atoms with E-state index in [4.69, 9.17) is 4.74 Å². The van der Waals surface area contributed by atoms with Crippen molar-refractivity contribution in [1.29, 1.82) is 0 Å². The topological polar surface area (TPSA) is 319 Å². The average Bonchev–Trinajstić information content (AvgIpc) is 3.38. The minimum Gasteiger partial charge on any atom is -0.508 e. The first-order chi connectivity index (χ1) is 36.5. The van der Waals surface area contributed by atoms with Crippen LogP contribution in [0.2, 0.25) is 0 Å². The lowest BCUT2D eigenvalue weighted by atomic mass is 9.93. The van der Waals surface area contributed by atoms with Crippen LogP contribution >= 0.6 is 0 Å². The predicted octanol–water partition coefficient (Wildman–Crippen LogP) is 0.997. The number of benzene rings is 3. The number of rotatable bonds is 17. The monoisotopic (exact) mass is 1070 g/mol. The van der Waals surface area contributed by atoms with Crippen molar-refractivity contribution < 1.29 is 68.0 Å². The number of hydrogen-bond acceptors (Lipinski definition) is 13. The summed E-state index contributed by atoms with van der Waals surface area (Å²) < 4.78 is 5.93. The van der Waals surface area contributed by atoms with Crippen molar-refractivity contribution in [3.63, 3.8) is 0 Å². The number of esters is 1. The van der Waals surface area contributed by atoms with E-state index in [1.54, 1.807) is 88.4 Å². The number of ether oxygens (including phenoxy) is 1. The summed E-state index contributed by atoms with van der Waals surface area (Å²) in [6, 6.07) is 11.4. The van der Waals surface area contributed by atoms with Crippen LogP contribution in [0, 0.1) is 11.8 Å². The fourth-order valence-electron chi connectivity index (χ4n) is 9.30. The number of aliphatic hydroxyl groups excluding tert-OH is 1. The van der Waals surface area contributed by atoms with E-state index in [0.717, 1.165) is 4.90 Å². The van der Waals surface area contributed by atoms with E-state index in [9.17, 15) is 63.3 Å². The first kappa shape index (κ1) is 60.0. The SMILES string of the molecule is CCC(C)[C@@H]1NC(=O)[C@H](Cc2ccccc2)N(C)C(=O)[C@H](C(C)C)N2C(=O)[C@H](CC[C@H]2O)NC(=O)[C@H](Cc2ccc(O)cc2)NC(=O)[C@@H](NC(=O)CC[C@H](NC(=O)[C@H](Cc2ccccc2)NC(C)=O)C(=O)O)[C@@H](C)OC1=O. The Labute approximate surface area is 447 Å². The van der Waals surface area contributed by atoms with E-state index in [0.29, 0.717) is 23.1 Å². The summed E-state index contributed by atoms with van der Waals surface area (Å²) in [5, 5.41) is 47.1. The number of aliphatic carboxylic acids is 1. The summed E-state index contributed by atoms with van der Waals surface area (Å²) in [6.45, 7) is 9.22. The molecule has 11 atom stereocenters. The molecule has 3 aromatic carbocycles. The molecule has 9 N–H and O–H groups in total. The molecule has 0 aromatic heterocycles. The summed E-state index contributed by atoms with van der Waals surface area (Å²) in [7, 11) is 1.38. The van der Waals surface area contributed by atoms with Crippen LogP contribution in [-0.2, 0) is 71.9 Å². The van der Waals surface area contributed by atoms with Gasteiger partial charge in [0.2, 0.25) is 47.3 Å². The van der Waals surface area contributed by atoms with Crippen LogP contribution in [0.5, 0.6) is 5.75 Å². The molecule has 2 aliphatic heterocycles. The van der Waals surface area contributed by atoms with Gasteiger partial charge in [-0.15, -0.1) is 0 Å². The van der Waals surface area contributed by atoms with Crippen molar-refractivity contribution in [2.75, 3.05) is 7.05 Å². The van der Waals surface area contributed by atoms with E-state index in [2.05, 4.69) is 31.9 Å². The maximum Gasteiger partial charge on any atom is 0.329 e. The summed E-state index contributed by atoms with van der Waals surface area (Å²) in [6.07, 6.45) is -4.38. The zero-order chi connectivity index (χ0) is 56.7. The summed E-state index contributed by atoms with van der Waals surface area (Å²) in [4.78, 5) is 142. The van der Waals surface area contributed by atoms with Crippen molar-refractivity contribution in [3.8, 4) is 5.75 Å². The van der Waals surface area contributed by atoms with Gasteiger partial charge in [-0.3, -0.25) is 38.4 Å². The number of nitrogens with zero attached hydrogens (tertiary/aromatic N) is 2. The molecule has 2 bridgehead atoms. The minimum absolute atomic E-state index is 0.0158. The first-order valence-electron chi connectivity index (χ1n) is 25.8. The number of phenols is 1. The third kappa shape index (κ3) is 16.6. The molecule has 0 radical (unpaired) electrons. The number of carbonyl (C=O) groups is 10. The Kier molecular flexibility index (Phi) is 21.6. The number of amides is 8. The minimum atomic E-state index is -1.83. The number of aliphatic hydroxyl groups is 1. The van der Waals surface area contributed by atoms with Crippen molar-refractivity contribution in [2.24, 2.45) is 11.8 Å². The fourth-order valence-corrected chi connectivity index (χ4v) is 9.30. The van der Waals surface area contributed by atoms with Crippen LogP contribution in [0.15, 0.2) is 84.9 Å². The van der Waals surface area contributed by atoms with Gasteiger partial charge in [0.25, 0.3) is 0 Å². The molecule has 22 heteroatoms. The molecule has 3 aromatic rings. The lowest BCUT2D eigenvalue weighted by Gasteiger charge is -2.44. The van der Waals surface area contributed by atoms with E-state index < -0.39 is 145 Å². The van der Waals surface area contributed by atoms with E-state index in [-0.39, 0.29) is 37.9 Å². The maximum atomic E-state index is 14.8. The molecule has 0 saturated carbocycles. The molecule has 2 saturated heterocycles. The van der Waals surface area contributed by atoms with Crippen LogP contribution in [0.3, 0.4) is 0 Å². The molecule has 77 heavy (non-hydrogen) atoms. The third-order valence-corrected chi connectivity index (χ3v) is 13.9. The molecular weight excluding hydrogens is 997 g/mol. The number of aromatic hydroxyl groups is 1. The summed E-state index contributed by atoms with van der Waals surface area (Å²) >= 11 is 0. The van der Waals surface area contributed by atoms with Gasteiger partial charge in [-0.25, -0.2) is 9.59 Å². The molecule has 0 spiro atoms. The number of carboxylic acid groups (broad SMARTS) is 1. The van der Waals surface area contributed by atoms with Crippen molar-refractivity contribution >= 4 is 59.2 Å². The number of hydrogen-bond donors (Lipinski definition) is 9. The van der Waals surface area contributed by atoms with Gasteiger partial charge in [-0.2, -0.15) is 0 Å². The number of cyclic esters (lactones) is 1. The third-order valence-electron chi connectivity index (χ3n) is 13.9. The predicted molar refractivity (Wildman–Crippen MR) is 279 cm³/mol. The summed E-state index contributed by atoms with van der Waals surface area (Å²) in [5.74, 6) is -10.6. The van der Waals surface area contributed by atoms with Crippen molar-refractivity contribution in [2.45, 2.75) is 154 Å². The first-order valence-corrected chi connectivity index (χ1v) is 25.8. The molecule has 5 rings (SSSR count). The van der Waals surface area contributed by atoms with Crippen LogP contribution < -0.4 is 31.9 Å². The molecule has 416 valence electrons. The number of nitrogens with one attached hydrogen (secondary N) is 6. The highest BCUT2D eigenvalue weighted by Crippen LogP contribution is 2.27. The normalized spacial score (nSPS) is 24.1. The number of carboxylic acids is 1. The highest BCUT2D eigenvalue weighted by atomic mass is 16.5. The zero-order valence-electron chi connectivity index (χ0n) is 44.4. The van der Waals surface area contributed by atoms with Gasteiger partial charge in [0, 0.05) is 39.7 Å². The van der Waals surface area contributed by atoms with Crippen LogP contribution in [0.1, 0.15) is 90.3 Å². The van der Waals surface area contributed by atoms with Crippen LogP contribution in [0.25, 0.3) is 0 Å². The molecule has 22 nitrogen and oxygen atoms in total. The standard InChI is InChI=1S/C55H72N8O14/c1-8-31(4)45-55(76)77-32(5)46(60-43(66)25-23-39(54(74)75)58-48(68)40(56-33(6)64)27-34-15-11-9-12-16-34)51(71)59-41(28-36-19-21-37(65)22-20-36)49(69)57-38-24-26-44(67)63(52(38)72)47(30(2)3)53(73)62(7)42(50(70)61-45)29-35-17-13-10-14-18-35/h9-22,30-32,38-42,44-47,65,67H,8,23-29H2,1-7H3,(H,56,64)(H,57,69)(H,58,68)(H,59,71)(H,60,66)(H,61,70)(H,74,75)/t31?,32-,38+,39+,40+,41+,42+,44-,45+,46+,47+/m1/s1. The average molecular weight is 1070 g/mol. The molecule has 1 unspecified atom stereocenters. The lowest BCUT2D eigenvalue weighted by molar-refractivity contribution is -0.167. The summed E-state index contributed by atoms with van der Waals surface area (Å²) in [5.41, 5.74) is 1.73. The second kappa shape index (κ2) is 27.8. The largest absolute Gasteiger partial charge is 0.508 e. The van der Waals surface area contributed by atoms with Crippen molar-refractivity contribution in [1.82, 2.24) is 41.7 Å². The molecule has 2 aliphatic rings. The molecule has 8 amide bonds. The Morgan fingerprint density at radius 2 is 1.36 bits per heavy atom. The Hall–Kier alpha value is -7.88. The molecular formula is C55H72N8O14. The molecule has 0 aliphatic carbocycles. The zero-order valence-corrected chi connectivity index (χ0v) is 44.4. The molecule has 2 fully saturated rings. The van der Waals surface area contributed by atoms with Crippen LogP contribution in [-0.4, -0.2) is 152 Å². The number of fused-ring (bicyclic) bond motifs is 2. The van der Waals surface area contributed by atoms with Gasteiger partial charge >= 0.3 is 11.9 Å². The number of piperidine rings is 1. The second-order valence-corrected chi connectivity index (χ2v) is 20.1. The fraction of sp³-hybridized carbons (Fsp3) is 0.491. The number of likely N-dealkylation sites (N-methyl/N-ethyl adjacent to an activating group) is 1. The van der Waals surface area contributed by atoms with E-state index in [1.807, 2.05) is 0 Å². The van der Waals surface area contributed by atoms with Gasteiger partial charge in [0.15, 0.2) is 0 Å². The second-order valence-electron chi connectivity index (χ2n) is 20.1.